The van der Waals surface area contributed by atoms with Gasteiger partial charge in [0.25, 0.3) is 0 Å². The van der Waals surface area contributed by atoms with Crippen molar-refractivity contribution < 1.29 is 0 Å². The molecule has 3 nitrogen and oxygen atoms in total. The summed E-state index contributed by atoms with van der Waals surface area (Å²) in [7, 11) is 0. The van der Waals surface area contributed by atoms with E-state index in [1.165, 1.54) is 66.2 Å². The number of rotatable bonds is 4. The number of aromatic nitrogens is 3. The van der Waals surface area contributed by atoms with Crippen LogP contribution in [0.25, 0.3) is 88.6 Å². The maximum Gasteiger partial charge on any atom is 0.0788 e. The Morgan fingerprint density at radius 1 is 0.375 bits per heavy atom. The molecule has 260 valence electrons. The summed E-state index contributed by atoms with van der Waals surface area (Å²) in [6.45, 7) is 0. The van der Waals surface area contributed by atoms with Gasteiger partial charge in [0.05, 0.1) is 16.6 Å². The second-order valence-electron chi connectivity index (χ2n) is 15.0. The Kier molecular flexibility index (Phi) is 6.55. The number of hydrogen-bond donors (Lipinski definition) is 1. The molecule has 7 aromatic carbocycles. The summed E-state index contributed by atoms with van der Waals surface area (Å²) < 4.78 is 0. The van der Waals surface area contributed by atoms with Crippen molar-refractivity contribution in [2.75, 3.05) is 0 Å². The van der Waals surface area contributed by atoms with Gasteiger partial charge >= 0.3 is 0 Å². The third-order valence-corrected chi connectivity index (χ3v) is 12.2. The fourth-order valence-corrected chi connectivity index (χ4v) is 9.75. The van der Waals surface area contributed by atoms with E-state index >= 15 is 0 Å². The van der Waals surface area contributed by atoms with Gasteiger partial charge in [-0.25, -0.2) is 4.98 Å². The van der Waals surface area contributed by atoms with Crippen LogP contribution in [0, 0.1) is 0 Å². The van der Waals surface area contributed by atoms with Crippen LogP contribution in [0.15, 0.2) is 195 Å². The van der Waals surface area contributed by atoms with Crippen LogP contribution in [0.1, 0.15) is 22.3 Å². The lowest BCUT2D eigenvalue weighted by molar-refractivity contribution is 0.795. The van der Waals surface area contributed by atoms with Gasteiger partial charge in [-0.2, -0.15) is 0 Å². The van der Waals surface area contributed by atoms with Gasteiger partial charge < -0.3 is 4.98 Å². The number of hydrogen-bond acceptors (Lipinski definition) is 2. The molecule has 1 N–H and O–H groups in total. The van der Waals surface area contributed by atoms with Crippen LogP contribution in [0.5, 0.6) is 0 Å². The Balaban J connectivity index is 1.08. The van der Waals surface area contributed by atoms with Gasteiger partial charge in [-0.1, -0.05) is 115 Å². The van der Waals surface area contributed by atoms with Crippen LogP contribution in [0.3, 0.4) is 0 Å². The molecule has 12 rings (SSSR count). The molecule has 0 bridgehead atoms. The van der Waals surface area contributed by atoms with Crippen molar-refractivity contribution in [1.82, 2.24) is 15.0 Å². The van der Waals surface area contributed by atoms with Crippen molar-refractivity contribution >= 4 is 21.7 Å². The molecule has 0 amide bonds. The number of H-pyrrole nitrogens is 1. The second kappa shape index (κ2) is 11.8. The molecule has 0 radical (unpaired) electrons. The first-order chi connectivity index (χ1) is 27.8. The van der Waals surface area contributed by atoms with Crippen LogP contribution in [0.4, 0.5) is 0 Å². The lowest BCUT2D eigenvalue weighted by Crippen LogP contribution is -2.25. The molecule has 0 fully saturated rings. The summed E-state index contributed by atoms with van der Waals surface area (Å²) in [5, 5.41) is 3.56. The molecule has 2 aliphatic rings. The molecule has 2 aliphatic carbocycles. The molecule has 0 saturated carbocycles. The van der Waals surface area contributed by atoms with Crippen molar-refractivity contribution in [1.29, 1.82) is 0 Å². The van der Waals surface area contributed by atoms with E-state index in [0.717, 1.165) is 44.6 Å². The van der Waals surface area contributed by atoms with E-state index in [-0.39, 0.29) is 0 Å². The maximum absolute atomic E-state index is 5.45. The summed E-state index contributed by atoms with van der Waals surface area (Å²) in [6, 6.07) is 62.7. The lowest BCUT2D eigenvalue weighted by atomic mass is 9.70. The number of aromatic amines is 1. The zero-order chi connectivity index (χ0) is 36.8. The standard InChI is InChI=1S/C53H33N3/c1-5-13-47-40(9-1)41-10-2-6-14-48(41)53(47)49-15-7-3-11-42(49)45-30-44-43-12-4-8-16-51(43)56-52(46(44)31-50(45)53)35-19-17-33(18-20-35)37-27-38(34-21-24-54-25-22-34)29-39(28-37)36-23-26-55-32-36/h1-32,55H. The average molecular weight is 712 g/mol. The molecule has 3 aromatic heterocycles. The molecular weight excluding hydrogens is 679 g/mol. The highest BCUT2D eigenvalue weighted by Gasteiger charge is 2.51. The third kappa shape index (κ3) is 4.34. The largest absolute Gasteiger partial charge is 0.367 e. The van der Waals surface area contributed by atoms with E-state index in [9.17, 15) is 0 Å². The van der Waals surface area contributed by atoms with Crippen LogP contribution in [0.2, 0.25) is 0 Å². The molecule has 56 heavy (non-hydrogen) atoms. The van der Waals surface area contributed by atoms with Gasteiger partial charge in [-0.15, -0.1) is 0 Å². The Bertz CT molecular complexity index is 3130. The number of fused-ring (bicyclic) bond motifs is 13. The molecule has 0 aliphatic heterocycles. The highest BCUT2D eigenvalue weighted by molar-refractivity contribution is 6.14. The first-order valence-corrected chi connectivity index (χ1v) is 19.2. The highest BCUT2D eigenvalue weighted by atomic mass is 14.7. The SMILES string of the molecule is c1ccc2c(c1)-c1ccccc1C21c2ccccc2-c2cc3c(cc21)c(-c1ccc(-c2cc(-c4ccncc4)cc(-c4cc[nH]c4)c2)cc1)nc1ccccc13. The predicted octanol–water partition coefficient (Wildman–Crippen LogP) is 13.1. The summed E-state index contributed by atoms with van der Waals surface area (Å²) in [4.78, 5) is 12.9. The molecule has 10 aromatic rings. The molecular formula is C53H33N3. The first kappa shape index (κ1) is 31.0. The molecule has 1 spiro atoms. The van der Waals surface area contributed by atoms with E-state index in [1.54, 1.807) is 0 Å². The van der Waals surface area contributed by atoms with Crippen molar-refractivity contribution in [2.45, 2.75) is 5.41 Å². The van der Waals surface area contributed by atoms with Gasteiger partial charge in [0.15, 0.2) is 0 Å². The summed E-state index contributed by atoms with van der Waals surface area (Å²) >= 11 is 0. The van der Waals surface area contributed by atoms with Gasteiger partial charge in [-0.05, 0) is 138 Å². The van der Waals surface area contributed by atoms with Gasteiger partial charge in [0, 0.05) is 41.1 Å². The minimum absolute atomic E-state index is 0.420. The molecule has 0 unspecified atom stereocenters. The monoisotopic (exact) mass is 711 g/mol. The fourth-order valence-electron chi connectivity index (χ4n) is 9.75. The smallest absolute Gasteiger partial charge is 0.0788 e. The number of benzene rings is 7. The first-order valence-electron chi connectivity index (χ1n) is 19.2. The van der Waals surface area contributed by atoms with Crippen LogP contribution < -0.4 is 0 Å². The number of pyridine rings is 2. The highest BCUT2D eigenvalue weighted by Crippen LogP contribution is 2.63. The van der Waals surface area contributed by atoms with Crippen molar-refractivity contribution in [3.63, 3.8) is 0 Å². The Labute approximate surface area is 324 Å². The van der Waals surface area contributed by atoms with Gasteiger partial charge in [0.2, 0.25) is 0 Å². The maximum atomic E-state index is 5.45. The fraction of sp³-hybridized carbons (Fsp3) is 0.0189. The predicted molar refractivity (Wildman–Crippen MR) is 229 cm³/mol. The molecule has 0 saturated heterocycles. The van der Waals surface area contributed by atoms with E-state index < -0.39 is 5.41 Å². The zero-order valence-corrected chi connectivity index (χ0v) is 30.4. The van der Waals surface area contributed by atoms with E-state index in [1.807, 2.05) is 18.6 Å². The minimum atomic E-state index is -0.420. The molecule has 3 heterocycles. The zero-order valence-electron chi connectivity index (χ0n) is 30.4. The Morgan fingerprint density at radius 3 is 1.57 bits per heavy atom. The van der Waals surface area contributed by atoms with E-state index in [2.05, 4.69) is 186 Å². The van der Waals surface area contributed by atoms with E-state index in [0.29, 0.717) is 0 Å². The molecule has 3 heteroatoms. The quantitative estimate of drug-likeness (QED) is 0.185. The third-order valence-electron chi connectivity index (χ3n) is 12.2. The van der Waals surface area contributed by atoms with Gasteiger partial charge in [-0.3, -0.25) is 4.98 Å². The summed E-state index contributed by atoms with van der Waals surface area (Å²) in [5.74, 6) is 0. The Hall–Kier alpha value is -7.36. The normalized spacial score (nSPS) is 13.1. The van der Waals surface area contributed by atoms with Gasteiger partial charge in [0.1, 0.15) is 0 Å². The summed E-state index contributed by atoms with van der Waals surface area (Å²) in [6.07, 6.45) is 7.74. The van der Waals surface area contributed by atoms with Crippen LogP contribution in [-0.2, 0) is 5.41 Å². The van der Waals surface area contributed by atoms with Crippen molar-refractivity contribution in [3.8, 4) is 66.9 Å². The Morgan fingerprint density at radius 2 is 0.929 bits per heavy atom. The second-order valence-corrected chi connectivity index (χ2v) is 15.0. The van der Waals surface area contributed by atoms with Crippen LogP contribution >= 0.6 is 0 Å². The average Bonchev–Trinajstić information content (AvgIpc) is 3.99. The van der Waals surface area contributed by atoms with Crippen LogP contribution in [-0.4, -0.2) is 15.0 Å². The topological polar surface area (TPSA) is 41.6 Å². The molecule has 0 atom stereocenters. The lowest BCUT2D eigenvalue weighted by Gasteiger charge is -2.30. The minimum Gasteiger partial charge on any atom is -0.367 e. The number of para-hydroxylation sites is 1. The summed E-state index contributed by atoms with van der Waals surface area (Å²) in [5.41, 5.74) is 20.2. The van der Waals surface area contributed by atoms with Crippen molar-refractivity contribution in [3.05, 3.63) is 217 Å². The number of nitrogens with zero attached hydrogens (tertiary/aromatic N) is 2. The van der Waals surface area contributed by atoms with E-state index in [4.69, 9.17) is 4.98 Å². The number of nitrogens with one attached hydrogen (secondary N) is 1. The van der Waals surface area contributed by atoms with Crippen molar-refractivity contribution in [2.24, 2.45) is 0 Å².